The lowest BCUT2D eigenvalue weighted by atomic mass is 9.56. The Morgan fingerprint density at radius 2 is 1.22 bits per heavy atom. The molecule has 0 bridgehead atoms. The van der Waals surface area contributed by atoms with Gasteiger partial charge in [0.1, 0.15) is 6.10 Å². The molecule has 0 fully saturated rings. The molecule has 0 radical (unpaired) electrons. The quantitative estimate of drug-likeness (QED) is 0.415. The molecule has 162 valence electrons. The molecule has 0 aromatic carbocycles. The van der Waals surface area contributed by atoms with Crippen LogP contribution in [0.25, 0.3) is 0 Å². The van der Waals surface area contributed by atoms with Gasteiger partial charge in [-0.1, -0.05) is 54.4 Å². The van der Waals surface area contributed by atoms with Gasteiger partial charge in [0, 0.05) is 13.1 Å². The van der Waals surface area contributed by atoms with Crippen molar-refractivity contribution in [1.82, 2.24) is 9.80 Å². The molecule has 1 unspecified atom stereocenters. The van der Waals surface area contributed by atoms with Gasteiger partial charge in [-0.15, -0.1) is 0 Å². The highest BCUT2D eigenvalue weighted by molar-refractivity contribution is 5.78. The third-order valence-corrected chi connectivity index (χ3v) is 7.24. The van der Waals surface area contributed by atoms with E-state index in [1.54, 1.807) is 0 Å². The van der Waals surface area contributed by atoms with E-state index in [0.717, 1.165) is 45.2 Å². The summed E-state index contributed by atoms with van der Waals surface area (Å²) in [5.41, 5.74) is -0.414. The fourth-order valence-electron chi connectivity index (χ4n) is 4.14. The summed E-state index contributed by atoms with van der Waals surface area (Å²) in [7, 11) is 8.12. The number of nitrogens with zero attached hydrogens (tertiary/aromatic N) is 2. The predicted octanol–water partition coefficient (Wildman–Crippen LogP) is 5.07. The predicted molar refractivity (Wildman–Crippen MR) is 117 cm³/mol. The first-order valence-electron chi connectivity index (χ1n) is 10.8. The van der Waals surface area contributed by atoms with Gasteiger partial charge in [0.15, 0.2) is 0 Å². The van der Waals surface area contributed by atoms with E-state index in [9.17, 15) is 4.79 Å². The van der Waals surface area contributed by atoms with Gasteiger partial charge in [-0.25, -0.2) is 0 Å². The van der Waals surface area contributed by atoms with Crippen LogP contribution in [0.1, 0.15) is 80.6 Å². The van der Waals surface area contributed by atoms with Crippen molar-refractivity contribution in [3.05, 3.63) is 0 Å². The highest BCUT2D eigenvalue weighted by Gasteiger charge is 2.52. The van der Waals surface area contributed by atoms with Crippen LogP contribution in [0.4, 0.5) is 0 Å². The van der Waals surface area contributed by atoms with Crippen molar-refractivity contribution < 1.29 is 9.53 Å². The van der Waals surface area contributed by atoms with Crippen molar-refractivity contribution in [2.24, 2.45) is 16.2 Å². The van der Waals surface area contributed by atoms with Crippen molar-refractivity contribution in [2.75, 3.05) is 41.3 Å². The van der Waals surface area contributed by atoms with Crippen molar-refractivity contribution in [1.29, 1.82) is 0 Å². The van der Waals surface area contributed by atoms with Gasteiger partial charge in [0.2, 0.25) is 0 Å². The van der Waals surface area contributed by atoms with Crippen LogP contribution in [0.15, 0.2) is 0 Å². The Morgan fingerprint density at radius 3 is 1.52 bits per heavy atom. The van der Waals surface area contributed by atoms with Crippen LogP contribution < -0.4 is 0 Å². The molecular weight excluding hydrogens is 336 g/mol. The second-order valence-electron chi connectivity index (χ2n) is 9.85. The van der Waals surface area contributed by atoms with E-state index in [1.165, 1.54) is 0 Å². The summed E-state index contributed by atoms with van der Waals surface area (Å²) in [4.78, 5) is 17.8. The van der Waals surface area contributed by atoms with E-state index in [1.807, 2.05) is 28.2 Å². The van der Waals surface area contributed by atoms with Crippen LogP contribution in [0.2, 0.25) is 0 Å². The molecule has 4 heteroatoms. The molecule has 0 aliphatic rings. The van der Waals surface area contributed by atoms with Crippen LogP contribution in [0.3, 0.4) is 0 Å². The van der Waals surface area contributed by atoms with Crippen molar-refractivity contribution >= 4 is 5.97 Å². The summed E-state index contributed by atoms with van der Waals surface area (Å²) < 4.78 is 6.20. The minimum absolute atomic E-state index is 0.0180. The second kappa shape index (κ2) is 10.8. The third kappa shape index (κ3) is 7.05. The van der Waals surface area contributed by atoms with Gasteiger partial charge in [0.05, 0.1) is 5.41 Å². The summed E-state index contributed by atoms with van der Waals surface area (Å²) in [6.07, 6.45) is 4.87. The Hall–Kier alpha value is -0.610. The lowest BCUT2D eigenvalue weighted by molar-refractivity contribution is -0.175. The minimum atomic E-state index is -0.492. The van der Waals surface area contributed by atoms with E-state index in [4.69, 9.17) is 4.74 Å². The fraction of sp³-hybridized carbons (Fsp3) is 0.957. The van der Waals surface area contributed by atoms with Gasteiger partial charge in [-0.05, 0) is 65.2 Å². The largest absolute Gasteiger partial charge is 0.459 e. The van der Waals surface area contributed by atoms with Crippen LogP contribution in [-0.4, -0.2) is 63.2 Å². The summed E-state index contributed by atoms with van der Waals surface area (Å²) in [5, 5.41) is 0. The highest BCUT2D eigenvalue weighted by atomic mass is 16.5. The van der Waals surface area contributed by atoms with E-state index in [2.05, 4.69) is 58.3 Å². The molecule has 0 saturated carbocycles. The molecule has 0 amide bonds. The number of hydrogen-bond donors (Lipinski definition) is 0. The molecule has 0 aromatic heterocycles. The number of hydrogen-bond acceptors (Lipinski definition) is 4. The van der Waals surface area contributed by atoms with Gasteiger partial charge in [0.25, 0.3) is 0 Å². The van der Waals surface area contributed by atoms with Gasteiger partial charge in [-0.2, -0.15) is 0 Å². The second-order valence-corrected chi connectivity index (χ2v) is 9.85. The molecule has 0 rings (SSSR count). The minimum Gasteiger partial charge on any atom is -0.459 e. The van der Waals surface area contributed by atoms with E-state index in [0.29, 0.717) is 0 Å². The SMILES string of the molecule is CCC(C)(CC)CC(C)(C(=O)OC(CN(C)C)CN(C)C)C(C)(CC)CC. The molecule has 0 heterocycles. The van der Waals surface area contributed by atoms with E-state index < -0.39 is 5.41 Å². The van der Waals surface area contributed by atoms with Gasteiger partial charge >= 0.3 is 5.97 Å². The fourth-order valence-corrected chi connectivity index (χ4v) is 4.14. The number of rotatable bonds is 13. The zero-order valence-corrected chi connectivity index (χ0v) is 20.2. The Bertz CT molecular complexity index is 430. The maximum Gasteiger partial charge on any atom is 0.312 e. The first-order valence-corrected chi connectivity index (χ1v) is 10.8. The Balaban J connectivity index is 5.87. The lowest BCUT2D eigenvalue weighted by Gasteiger charge is -2.48. The molecule has 0 spiro atoms. The summed E-state index contributed by atoms with van der Waals surface area (Å²) >= 11 is 0. The lowest BCUT2D eigenvalue weighted by Crippen LogP contribution is -2.50. The molecule has 0 aliphatic carbocycles. The normalized spacial score (nSPS) is 15.5. The van der Waals surface area contributed by atoms with Gasteiger partial charge < -0.3 is 14.5 Å². The third-order valence-electron chi connectivity index (χ3n) is 7.24. The smallest absolute Gasteiger partial charge is 0.312 e. The van der Waals surface area contributed by atoms with Crippen LogP contribution in [0.5, 0.6) is 0 Å². The Kier molecular flexibility index (Phi) is 10.6. The first-order chi connectivity index (χ1) is 12.3. The Labute approximate surface area is 170 Å². The zero-order valence-electron chi connectivity index (χ0n) is 20.2. The average molecular weight is 385 g/mol. The number of esters is 1. The van der Waals surface area contributed by atoms with Crippen molar-refractivity contribution in [3.8, 4) is 0 Å². The van der Waals surface area contributed by atoms with Crippen LogP contribution in [-0.2, 0) is 9.53 Å². The molecule has 27 heavy (non-hydrogen) atoms. The molecule has 1 atom stereocenters. The van der Waals surface area contributed by atoms with Gasteiger partial charge in [-0.3, -0.25) is 4.79 Å². The van der Waals surface area contributed by atoms with Crippen LogP contribution >= 0.6 is 0 Å². The zero-order chi connectivity index (χ0) is 21.5. The molecule has 4 nitrogen and oxygen atoms in total. The number of ether oxygens (including phenoxy) is 1. The Morgan fingerprint density at radius 1 is 0.815 bits per heavy atom. The highest BCUT2D eigenvalue weighted by Crippen LogP contribution is 2.53. The molecule has 0 N–H and O–H groups in total. The molecule has 0 aliphatic heterocycles. The standard InChI is InChI=1S/C23H48N2O2/c1-12-21(5,13-2)18-23(7,22(6,14-3)15-4)20(26)27-19(16-24(8)9)17-25(10)11/h19H,12-18H2,1-11H3. The number of carbonyl (C=O) groups is 1. The summed E-state index contributed by atoms with van der Waals surface area (Å²) in [6.45, 7) is 17.1. The molecule has 0 saturated heterocycles. The van der Waals surface area contributed by atoms with E-state index in [-0.39, 0.29) is 22.9 Å². The maximum absolute atomic E-state index is 13.7. The number of carbonyl (C=O) groups excluding carboxylic acids is 1. The van der Waals surface area contributed by atoms with Crippen molar-refractivity contribution in [2.45, 2.75) is 86.7 Å². The average Bonchev–Trinajstić information content (AvgIpc) is 2.59. The molecular formula is C23H48N2O2. The summed E-state index contributed by atoms with van der Waals surface area (Å²) in [6, 6.07) is 0. The van der Waals surface area contributed by atoms with Crippen LogP contribution in [0, 0.1) is 16.2 Å². The first kappa shape index (κ1) is 26.4. The van der Waals surface area contributed by atoms with Crippen molar-refractivity contribution in [3.63, 3.8) is 0 Å². The topological polar surface area (TPSA) is 32.8 Å². The monoisotopic (exact) mass is 384 g/mol. The number of likely N-dealkylation sites (N-methyl/N-ethyl adjacent to an activating group) is 2. The maximum atomic E-state index is 13.7. The van der Waals surface area contributed by atoms with E-state index >= 15 is 0 Å². The summed E-state index contributed by atoms with van der Waals surface area (Å²) in [5.74, 6) is -0.0180. The molecule has 0 aromatic rings.